The van der Waals surface area contributed by atoms with Gasteiger partial charge in [0, 0.05) is 23.7 Å². The maximum atomic E-state index is 13.2. The van der Waals surface area contributed by atoms with Gasteiger partial charge in [-0.15, -0.1) is 0 Å². The number of benzene rings is 2. The third-order valence-corrected chi connectivity index (χ3v) is 4.61. The molecule has 0 heterocycles. The lowest BCUT2D eigenvalue weighted by molar-refractivity contribution is -0.905. The van der Waals surface area contributed by atoms with Gasteiger partial charge in [0.25, 0.3) is 5.91 Å². The molecule has 0 spiro atoms. The average Bonchev–Trinajstić information content (AvgIpc) is 2.57. The highest BCUT2D eigenvalue weighted by atomic mass is 19.2. The van der Waals surface area contributed by atoms with Crippen molar-refractivity contribution in [1.29, 1.82) is 0 Å². The number of aryl methyl sites for hydroxylation is 1. The van der Waals surface area contributed by atoms with Crippen LogP contribution in [0.2, 0.25) is 0 Å². The van der Waals surface area contributed by atoms with Crippen LogP contribution in [-0.4, -0.2) is 19.5 Å². The van der Waals surface area contributed by atoms with E-state index in [1.165, 1.54) is 17.2 Å². The smallest absolute Gasteiger partial charge is 0.279 e. The molecule has 126 valence electrons. The van der Waals surface area contributed by atoms with Crippen LogP contribution < -0.4 is 10.2 Å². The SMILES string of the molecule is C[NH+](CC(=O)Nc1ccc(F)c(F)c1)[C@@H]1CCCc2ccccc21. The van der Waals surface area contributed by atoms with Gasteiger partial charge in [-0.3, -0.25) is 4.79 Å². The van der Waals surface area contributed by atoms with Crippen molar-refractivity contribution in [3.8, 4) is 0 Å². The molecule has 1 unspecified atom stereocenters. The molecule has 0 fully saturated rings. The van der Waals surface area contributed by atoms with E-state index in [-0.39, 0.29) is 24.2 Å². The Morgan fingerprint density at radius 1 is 1.21 bits per heavy atom. The van der Waals surface area contributed by atoms with Crippen LogP contribution in [-0.2, 0) is 11.2 Å². The Morgan fingerprint density at radius 3 is 2.79 bits per heavy atom. The van der Waals surface area contributed by atoms with E-state index in [1.807, 2.05) is 19.2 Å². The van der Waals surface area contributed by atoms with Crippen LogP contribution in [0.1, 0.15) is 30.0 Å². The summed E-state index contributed by atoms with van der Waals surface area (Å²) in [4.78, 5) is 13.3. The van der Waals surface area contributed by atoms with Crippen LogP contribution in [0, 0.1) is 11.6 Å². The molecule has 3 nitrogen and oxygen atoms in total. The van der Waals surface area contributed by atoms with E-state index >= 15 is 0 Å². The Morgan fingerprint density at radius 2 is 2.00 bits per heavy atom. The number of likely N-dealkylation sites (N-methyl/N-ethyl adjacent to an activating group) is 1. The zero-order valence-corrected chi connectivity index (χ0v) is 13.6. The van der Waals surface area contributed by atoms with Crippen molar-refractivity contribution in [2.24, 2.45) is 0 Å². The Labute approximate surface area is 140 Å². The molecule has 5 heteroatoms. The topological polar surface area (TPSA) is 33.5 Å². The van der Waals surface area contributed by atoms with E-state index in [0.29, 0.717) is 0 Å². The molecular formula is C19H21F2N2O+. The molecule has 2 aromatic carbocycles. The standard InChI is InChI=1S/C19H20F2N2O/c1-23(18-8-4-6-13-5-2-3-7-15(13)18)12-19(24)22-14-9-10-16(20)17(21)11-14/h2-3,5,7,9-11,18H,4,6,8,12H2,1H3,(H,22,24)/p+1/t18-/m1/s1. The van der Waals surface area contributed by atoms with Gasteiger partial charge in [0.1, 0.15) is 6.04 Å². The first-order valence-corrected chi connectivity index (χ1v) is 8.19. The maximum Gasteiger partial charge on any atom is 0.279 e. The van der Waals surface area contributed by atoms with Gasteiger partial charge in [0.15, 0.2) is 18.2 Å². The number of carbonyl (C=O) groups excluding carboxylic acids is 1. The van der Waals surface area contributed by atoms with E-state index < -0.39 is 11.6 Å². The molecule has 0 bridgehead atoms. The van der Waals surface area contributed by atoms with Crippen molar-refractivity contribution < 1.29 is 18.5 Å². The summed E-state index contributed by atoms with van der Waals surface area (Å²) < 4.78 is 26.2. The van der Waals surface area contributed by atoms with E-state index in [4.69, 9.17) is 0 Å². The van der Waals surface area contributed by atoms with Crippen molar-refractivity contribution in [2.75, 3.05) is 18.9 Å². The summed E-state index contributed by atoms with van der Waals surface area (Å²) in [6.45, 7) is 0.276. The van der Waals surface area contributed by atoms with E-state index in [0.717, 1.165) is 36.3 Å². The van der Waals surface area contributed by atoms with E-state index in [2.05, 4.69) is 17.4 Å². The quantitative estimate of drug-likeness (QED) is 0.887. The summed E-state index contributed by atoms with van der Waals surface area (Å²) in [6.07, 6.45) is 3.24. The molecule has 2 N–H and O–H groups in total. The molecule has 0 saturated heterocycles. The second kappa shape index (κ2) is 7.09. The molecule has 24 heavy (non-hydrogen) atoms. The van der Waals surface area contributed by atoms with Gasteiger partial charge in [-0.2, -0.15) is 0 Å². The lowest BCUT2D eigenvalue weighted by Gasteiger charge is -2.30. The molecular weight excluding hydrogens is 310 g/mol. The summed E-state index contributed by atoms with van der Waals surface area (Å²) >= 11 is 0. The van der Waals surface area contributed by atoms with Gasteiger partial charge < -0.3 is 10.2 Å². The molecule has 0 aromatic heterocycles. The number of amides is 1. The molecule has 0 radical (unpaired) electrons. The number of rotatable bonds is 4. The molecule has 2 aromatic rings. The van der Waals surface area contributed by atoms with E-state index in [1.54, 1.807) is 0 Å². The molecule has 0 aliphatic heterocycles. The van der Waals surface area contributed by atoms with Gasteiger partial charge >= 0.3 is 0 Å². The fourth-order valence-corrected chi connectivity index (χ4v) is 3.42. The number of halogens is 2. The number of nitrogens with one attached hydrogen (secondary N) is 2. The van der Waals surface area contributed by atoms with Crippen LogP contribution >= 0.6 is 0 Å². The van der Waals surface area contributed by atoms with Crippen molar-refractivity contribution in [2.45, 2.75) is 25.3 Å². The van der Waals surface area contributed by atoms with Crippen molar-refractivity contribution >= 4 is 11.6 Å². The predicted octanol–water partition coefficient (Wildman–Crippen LogP) is 2.50. The van der Waals surface area contributed by atoms with Crippen LogP contribution in [0.5, 0.6) is 0 Å². The predicted molar refractivity (Wildman–Crippen MR) is 88.9 cm³/mol. The highest BCUT2D eigenvalue weighted by molar-refractivity contribution is 5.91. The minimum atomic E-state index is -0.963. The van der Waals surface area contributed by atoms with E-state index in [9.17, 15) is 13.6 Å². The van der Waals surface area contributed by atoms with Crippen molar-refractivity contribution in [1.82, 2.24) is 0 Å². The highest BCUT2D eigenvalue weighted by Crippen LogP contribution is 2.27. The van der Waals surface area contributed by atoms with Gasteiger partial charge in [-0.1, -0.05) is 24.3 Å². The molecule has 1 aliphatic rings. The van der Waals surface area contributed by atoms with Crippen LogP contribution in [0.25, 0.3) is 0 Å². The zero-order chi connectivity index (χ0) is 17.1. The number of carbonyl (C=O) groups is 1. The lowest BCUT2D eigenvalue weighted by Crippen LogP contribution is -3.10. The highest BCUT2D eigenvalue weighted by Gasteiger charge is 2.27. The lowest BCUT2D eigenvalue weighted by atomic mass is 9.87. The molecule has 1 amide bonds. The van der Waals surface area contributed by atoms with Crippen LogP contribution in [0.4, 0.5) is 14.5 Å². The minimum Gasteiger partial charge on any atom is -0.323 e. The van der Waals surface area contributed by atoms with Gasteiger partial charge in [-0.25, -0.2) is 8.78 Å². The molecule has 1 aliphatic carbocycles. The summed E-state index contributed by atoms with van der Waals surface area (Å²) in [5, 5.41) is 2.64. The van der Waals surface area contributed by atoms with Crippen molar-refractivity contribution in [3.63, 3.8) is 0 Å². The summed E-state index contributed by atoms with van der Waals surface area (Å²) in [5.74, 6) is -2.09. The largest absolute Gasteiger partial charge is 0.323 e. The number of anilines is 1. The first-order chi connectivity index (χ1) is 11.5. The average molecular weight is 331 g/mol. The summed E-state index contributed by atoms with van der Waals surface area (Å²) in [5.41, 5.74) is 2.94. The second-order valence-corrected chi connectivity index (χ2v) is 6.34. The minimum absolute atomic E-state index is 0.207. The number of quaternary nitrogens is 1. The zero-order valence-electron chi connectivity index (χ0n) is 13.6. The summed E-state index contributed by atoms with van der Waals surface area (Å²) in [7, 11) is 2.00. The molecule has 2 atom stereocenters. The third kappa shape index (κ3) is 3.62. The Kier molecular flexibility index (Phi) is 4.90. The Balaban J connectivity index is 1.65. The van der Waals surface area contributed by atoms with Gasteiger partial charge in [0.05, 0.1) is 7.05 Å². The third-order valence-electron chi connectivity index (χ3n) is 4.61. The molecule has 3 rings (SSSR count). The van der Waals surface area contributed by atoms with Gasteiger partial charge in [-0.05, 0) is 30.5 Å². The fraction of sp³-hybridized carbons (Fsp3) is 0.316. The maximum absolute atomic E-state index is 13.2. The van der Waals surface area contributed by atoms with Crippen LogP contribution in [0.3, 0.4) is 0 Å². The number of fused-ring (bicyclic) bond motifs is 1. The van der Waals surface area contributed by atoms with Crippen LogP contribution in [0.15, 0.2) is 42.5 Å². The Hall–Kier alpha value is -2.27. The first-order valence-electron chi connectivity index (χ1n) is 8.19. The molecule has 0 saturated carbocycles. The Bertz CT molecular complexity index is 748. The number of hydrogen-bond acceptors (Lipinski definition) is 1. The van der Waals surface area contributed by atoms with Gasteiger partial charge in [0.2, 0.25) is 0 Å². The second-order valence-electron chi connectivity index (χ2n) is 6.34. The first kappa shape index (κ1) is 16.6. The van der Waals surface area contributed by atoms with Crippen molar-refractivity contribution in [3.05, 3.63) is 65.2 Å². The normalized spacial score (nSPS) is 17.9. The summed E-state index contributed by atoms with van der Waals surface area (Å²) in [6, 6.07) is 12.0. The number of hydrogen-bond donors (Lipinski definition) is 2. The fourth-order valence-electron chi connectivity index (χ4n) is 3.42. The monoisotopic (exact) mass is 331 g/mol.